The highest BCUT2D eigenvalue weighted by molar-refractivity contribution is 7.99. The SMILES string of the molecule is O=c1oc2c(c(O)c1Sc1cccc(F)c1)c(=O)n1c3c(cccc23)CC1c1ccc(Cl)cc1. The van der Waals surface area contributed by atoms with Crippen LogP contribution in [0.25, 0.3) is 21.9 Å². The van der Waals surface area contributed by atoms with E-state index in [4.69, 9.17) is 16.0 Å². The average molecular weight is 492 g/mol. The van der Waals surface area contributed by atoms with E-state index in [1.807, 2.05) is 24.3 Å². The summed E-state index contributed by atoms with van der Waals surface area (Å²) >= 11 is 6.91. The Hall–Kier alpha value is -3.55. The molecule has 1 atom stereocenters. The molecule has 0 saturated heterocycles. The molecule has 2 aromatic heterocycles. The molecule has 0 spiro atoms. The molecule has 1 aliphatic rings. The molecule has 0 bridgehead atoms. The smallest absolute Gasteiger partial charge is 0.354 e. The maximum Gasteiger partial charge on any atom is 0.354 e. The number of pyridine rings is 1. The van der Waals surface area contributed by atoms with Crippen molar-refractivity contribution in [2.24, 2.45) is 0 Å². The van der Waals surface area contributed by atoms with Gasteiger partial charge in [0.1, 0.15) is 16.1 Å². The Labute approximate surface area is 201 Å². The Morgan fingerprint density at radius 2 is 1.82 bits per heavy atom. The third kappa shape index (κ3) is 3.15. The van der Waals surface area contributed by atoms with E-state index in [0.717, 1.165) is 22.9 Å². The second-order valence-corrected chi connectivity index (χ2v) is 9.61. The van der Waals surface area contributed by atoms with Gasteiger partial charge in [-0.25, -0.2) is 9.18 Å². The summed E-state index contributed by atoms with van der Waals surface area (Å²) in [6, 6.07) is 18.1. The van der Waals surface area contributed by atoms with Gasteiger partial charge in [-0.3, -0.25) is 9.36 Å². The van der Waals surface area contributed by atoms with Gasteiger partial charge < -0.3 is 9.52 Å². The van der Waals surface area contributed by atoms with Gasteiger partial charge in [0, 0.05) is 15.3 Å². The first-order valence-electron chi connectivity index (χ1n) is 10.5. The fourth-order valence-corrected chi connectivity index (χ4v) is 5.63. The molecule has 34 heavy (non-hydrogen) atoms. The van der Waals surface area contributed by atoms with Gasteiger partial charge in [0.05, 0.1) is 11.6 Å². The fraction of sp³-hybridized carbons (Fsp3) is 0.0769. The van der Waals surface area contributed by atoms with E-state index < -0.39 is 22.8 Å². The number of aromatic nitrogens is 1. The molecule has 5 nitrogen and oxygen atoms in total. The first kappa shape index (κ1) is 21.0. The summed E-state index contributed by atoms with van der Waals surface area (Å²) in [5.74, 6) is -0.949. The van der Waals surface area contributed by atoms with Crippen molar-refractivity contribution in [1.29, 1.82) is 0 Å². The minimum Gasteiger partial charge on any atom is -0.505 e. The lowest BCUT2D eigenvalue weighted by atomic mass is 10.0. The standard InChI is InChI=1S/C26H15ClFNO4S/c27-15-9-7-13(8-10-15)19-11-14-3-1-6-18-21(14)29(19)25(31)20-22(30)24(26(32)33-23(18)20)34-17-5-2-4-16(28)12-17/h1-10,12,19,30H,11H2. The average Bonchev–Trinajstić information content (AvgIpc) is 3.21. The zero-order valence-corrected chi connectivity index (χ0v) is 19.0. The number of benzene rings is 3. The van der Waals surface area contributed by atoms with E-state index in [2.05, 4.69) is 0 Å². The van der Waals surface area contributed by atoms with E-state index in [1.165, 1.54) is 18.2 Å². The van der Waals surface area contributed by atoms with Crippen LogP contribution in [0.2, 0.25) is 5.02 Å². The van der Waals surface area contributed by atoms with Crippen molar-refractivity contribution < 1.29 is 13.9 Å². The second-order valence-electron chi connectivity index (χ2n) is 8.09. The molecule has 0 saturated carbocycles. The van der Waals surface area contributed by atoms with Crippen molar-refractivity contribution in [1.82, 2.24) is 4.57 Å². The van der Waals surface area contributed by atoms with Crippen molar-refractivity contribution in [2.75, 3.05) is 0 Å². The van der Waals surface area contributed by atoms with Crippen molar-refractivity contribution in [3.8, 4) is 5.75 Å². The van der Waals surface area contributed by atoms with Crippen molar-refractivity contribution >= 4 is 45.2 Å². The first-order valence-corrected chi connectivity index (χ1v) is 11.7. The van der Waals surface area contributed by atoms with Crippen LogP contribution in [-0.4, -0.2) is 9.67 Å². The number of para-hydroxylation sites is 1. The number of aromatic hydroxyl groups is 1. The minimum absolute atomic E-state index is 0.0425. The summed E-state index contributed by atoms with van der Waals surface area (Å²) in [5.41, 5.74) is 1.30. The number of hydrogen-bond acceptors (Lipinski definition) is 5. The molecule has 0 radical (unpaired) electrons. The van der Waals surface area contributed by atoms with Gasteiger partial charge in [-0.05, 0) is 53.9 Å². The highest BCUT2D eigenvalue weighted by atomic mass is 35.5. The lowest BCUT2D eigenvalue weighted by Gasteiger charge is -2.17. The van der Waals surface area contributed by atoms with Crippen LogP contribution in [0.15, 0.2) is 90.5 Å². The molecule has 0 amide bonds. The van der Waals surface area contributed by atoms with Crippen LogP contribution in [-0.2, 0) is 6.42 Å². The van der Waals surface area contributed by atoms with Gasteiger partial charge in [-0.1, -0.05) is 53.7 Å². The highest BCUT2D eigenvalue weighted by Crippen LogP contribution is 2.41. The van der Waals surface area contributed by atoms with E-state index in [1.54, 1.807) is 28.8 Å². The van der Waals surface area contributed by atoms with Crippen molar-refractivity contribution in [3.05, 3.63) is 109 Å². The van der Waals surface area contributed by atoms with Crippen LogP contribution >= 0.6 is 23.4 Å². The Kier molecular flexibility index (Phi) is 4.79. The molecular formula is C26H15ClFNO4S. The fourth-order valence-electron chi connectivity index (χ4n) is 4.63. The molecule has 0 aliphatic carbocycles. The van der Waals surface area contributed by atoms with E-state index in [-0.39, 0.29) is 21.9 Å². The van der Waals surface area contributed by atoms with Crippen LogP contribution in [0.5, 0.6) is 5.75 Å². The lowest BCUT2D eigenvalue weighted by Crippen LogP contribution is -2.24. The molecule has 3 heterocycles. The van der Waals surface area contributed by atoms with E-state index >= 15 is 0 Å². The first-order chi connectivity index (χ1) is 16.4. The van der Waals surface area contributed by atoms with Gasteiger partial charge in [0.2, 0.25) is 0 Å². The van der Waals surface area contributed by atoms with Crippen LogP contribution in [0.3, 0.4) is 0 Å². The Bertz CT molecular complexity index is 1740. The van der Waals surface area contributed by atoms with Crippen molar-refractivity contribution in [3.63, 3.8) is 0 Å². The number of rotatable bonds is 3. The monoisotopic (exact) mass is 491 g/mol. The summed E-state index contributed by atoms with van der Waals surface area (Å²) in [4.78, 5) is 26.9. The van der Waals surface area contributed by atoms with E-state index in [0.29, 0.717) is 27.2 Å². The number of fused-ring (bicyclic) bond motifs is 2. The molecule has 6 rings (SSSR count). The van der Waals surface area contributed by atoms with Crippen LogP contribution in [0.1, 0.15) is 17.2 Å². The Morgan fingerprint density at radius 1 is 1.06 bits per heavy atom. The number of nitrogens with zero attached hydrogens (tertiary/aromatic N) is 1. The largest absolute Gasteiger partial charge is 0.505 e. The number of hydrogen-bond donors (Lipinski definition) is 1. The quantitative estimate of drug-likeness (QED) is 0.318. The third-order valence-electron chi connectivity index (χ3n) is 6.09. The maximum atomic E-state index is 13.8. The number of halogens is 2. The Morgan fingerprint density at radius 3 is 2.59 bits per heavy atom. The maximum absolute atomic E-state index is 13.8. The summed E-state index contributed by atoms with van der Waals surface area (Å²) in [6.45, 7) is 0. The molecule has 3 aromatic carbocycles. The zero-order chi connectivity index (χ0) is 23.6. The predicted octanol–water partition coefficient (Wildman–Crippen LogP) is 5.90. The summed E-state index contributed by atoms with van der Waals surface area (Å²) in [7, 11) is 0. The molecule has 0 fully saturated rings. The van der Waals surface area contributed by atoms with Crippen LogP contribution in [0, 0.1) is 5.82 Å². The molecule has 1 N–H and O–H groups in total. The molecule has 1 aliphatic heterocycles. The van der Waals surface area contributed by atoms with Crippen LogP contribution < -0.4 is 11.2 Å². The van der Waals surface area contributed by atoms with Gasteiger partial charge in [0.15, 0.2) is 11.3 Å². The summed E-state index contributed by atoms with van der Waals surface area (Å²) in [5, 5.41) is 12.2. The third-order valence-corrected chi connectivity index (χ3v) is 7.40. The summed E-state index contributed by atoms with van der Waals surface area (Å²) < 4.78 is 20.9. The van der Waals surface area contributed by atoms with Gasteiger partial charge in [0.25, 0.3) is 5.56 Å². The minimum atomic E-state index is -0.795. The Balaban J connectivity index is 1.64. The summed E-state index contributed by atoms with van der Waals surface area (Å²) in [6.07, 6.45) is 0.570. The molecule has 8 heteroatoms. The van der Waals surface area contributed by atoms with Crippen LogP contribution in [0.4, 0.5) is 4.39 Å². The van der Waals surface area contributed by atoms with Gasteiger partial charge >= 0.3 is 5.63 Å². The van der Waals surface area contributed by atoms with Gasteiger partial charge in [-0.15, -0.1) is 0 Å². The highest BCUT2D eigenvalue weighted by Gasteiger charge is 2.31. The molecular weight excluding hydrogens is 477 g/mol. The topological polar surface area (TPSA) is 72.4 Å². The zero-order valence-electron chi connectivity index (χ0n) is 17.4. The molecule has 5 aromatic rings. The van der Waals surface area contributed by atoms with Gasteiger partial charge in [-0.2, -0.15) is 0 Å². The van der Waals surface area contributed by atoms with Crippen molar-refractivity contribution in [2.45, 2.75) is 22.3 Å². The van der Waals surface area contributed by atoms with E-state index in [9.17, 15) is 19.1 Å². The molecule has 1 unspecified atom stereocenters. The lowest BCUT2D eigenvalue weighted by molar-refractivity contribution is 0.446. The predicted molar refractivity (Wildman–Crippen MR) is 130 cm³/mol. The normalized spacial score (nSPS) is 14.8. The molecule has 168 valence electrons. The second kappa shape index (κ2) is 7.75.